The minimum atomic E-state index is -0.734. The molecule has 0 aromatic carbocycles. The number of halogens is 2. The Labute approximate surface area is 70.6 Å². The summed E-state index contributed by atoms with van der Waals surface area (Å²) < 4.78 is 26.8. The maximum absolute atomic E-state index is 12.9. The van der Waals surface area contributed by atoms with E-state index < -0.39 is 11.6 Å². The lowest BCUT2D eigenvalue weighted by atomic mass is 10.4. The molecule has 62 valence electrons. The van der Waals surface area contributed by atoms with Crippen LogP contribution < -0.4 is 0 Å². The number of rotatable bonds is 0. The van der Waals surface area contributed by atoms with E-state index in [9.17, 15) is 8.78 Å². The fraction of sp³-hybridized carbons (Fsp3) is 0. The lowest BCUT2D eigenvalue weighted by Gasteiger charge is -1.92. The largest absolute Gasteiger partial charge is 0.270 e. The predicted molar refractivity (Wildman–Crippen MR) is 40.3 cm³/mol. The van der Waals surface area contributed by atoms with Gasteiger partial charge in [0.15, 0.2) is 16.2 Å². The smallest absolute Gasteiger partial charge is 0.199 e. The Morgan fingerprint density at radius 1 is 1.50 bits per heavy atom. The molecule has 0 amide bonds. The number of H-pyrrole nitrogens is 1. The van der Waals surface area contributed by atoms with Crippen molar-refractivity contribution in [2.24, 2.45) is 0 Å². The first kappa shape index (κ1) is 7.35. The SMILES string of the molecule is Fc1cc(F)c2n[nH]c(=S)n2c1. The van der Waals surface area contributed by atoms with Gasteiger partial charge in [-0.25, -0.2) is 8.78 Å². The second-order valence-corrected chi connectivity index (χ2v) is 2.62. The van der Waals surface area contributed by atoms with Crippen molar-refractivity contribution < 1.29 is 8.78 Å². The van der Waals surface area contributed by atoms with Gasteiger partial charge in [0.25, 0.3) is 0 Å². The van der Waals surface area contributed by atoms with Crippen LogP contribution in [0.25, 0.3) is 5.65 Å². The number of fused-ring (bicyclic) bond motifs is 1. The molecule has 2 rings (SSSR count). The van der Waals surface area contributed by atoms with Crippen LogP contribution in [-0.2, 0) is 0 Å². The van der Waals surface area contributed by atoms with Crippen LogP contribution >= 0.6 is 12.2 Å². The Kier molecular flexibility index (Phi) is 1.44. The predicted octanol–water partition coefficient (Wildman–Crippen LogP) is 1.67. The Bertz CT molecular complexity index is 487. The van der Waals surface area contributed by atoms with Crippen molar-refractivity contribution in [3.05, 3.63) is 28.7 Å². The lowest BCUT2D eigenvalue weighted by molar-refractivity contribution is 0.576. The van der Waals surface area contributed by atoms with Crippen molar-refractivity contribution in [2.45, 2.75) is 0 Å². The van der Waals surface area contributed by atoms with E-state index in [2.05, 4.69) is 10.2 Å². The summed E-state index contributed by atoms with van der Waals surface area (Å²) in [6, 6.07) is 0.755. The molecule has 0 aliphatic rings. The van der Waals surface area contributed by atoms with Gasteiger partial charge in [-0.05, 0) is 12.2 Å². The summed E-state index contributed by atoms with van der Waals surface area (Å²) >= 11 is 4.72. The van der Waals surface area contributed by atoms with E-state index in [-0.39, 0.29) is 10.4 Å². The monoisotopic (exact) mass is 187 g/mol. The third-order valence-electron chi connectivity index (χ3n) is 1.44. The van der Waals surface area contributed by atoms with Gasteiger partial charge in [-0.3, -0.25) is 9.50 Å². The van der Waals surface area contributed by atoms with Crippen LogP contribution in [0.2, 0.25) is 0 Å². The standard InChI is InChI=1S/C6H3F2N3S/c7-3-1-4(8)5-9-10-6(12)11(5)2-3/h1-2H,(H,10,12). The average Bonchev–Trinajstić information content (AvgIpc) is 2.33. The van der Waals surface area contributed by atoms with Gasteiger partial charge in [-0.15, -0.1) is 0 Å². The molecule has 12 heavy (non-hydrogen) atoms. The van der Waals surface area contributed by atoms with Gasteiger partial charge in [0.2, 0.25) is 0 Å². The van der Waals surface area contributed by atoms with E-state index in [0.717, 1.165) is 16.7 Å². The fourth-order valence-corrected chi connectivity index (χ4v) is 1.12. The molecule has 0 aliphatic carbocycles. The summed E-state index contributed by atoms with van der Waals surface area (Å²) in [5.74, 6) is -1.42. The van der Waals surface area contributed by atoms with Crippen molar-refractivity contribution in [1.29, 1.82) is 0 Å². The molecule has 6 heteroatoms. The van der Waals surface area contributed by atoms with E-state index in [4.69, 9.17) is 12.2 Å². The molecule has 0 radical (unpaired) electrons. The highest BCUT2D eigenvalue weighted by Crippen LogP contribution is 2.08. The zero-order valence-corrected chi connectivity index (χ0v) is 6.53. The van der Waals surface area contributed by atoms with E-state index in [1.165, 1.54) is 0 Å². The zero-order chi connectivity index (χ0) is 8.72. The number of aromatic nitrogens is 3. The van der Waals surface area contributed by atoms with E-state index in [1.54, 1.807) is 0 Å². The molecule has 0 fully saturated rings. The Hall–Kier alpha value is -1.30. The molecule has 0 bridgehead atoms. The molecule has 2 heterocycles. The molecule has 2 aromatic rings. The highest BCUT2D eigenvalue weighted by Gasteiger charge is 2.05. The number of pyridine rings is 1. The van der Waals surface area contributed by atoms with Gasteiger partial charge >= 0.3 is 0 Å². The number of hydrogen-bond donors (Lipinski definition) is 1. The minimum Gasteiger partial charge on any atom is -0.270 e. The highest BCUT2D eigenvalue weighted by molar-refractivity contribution is 7.71. The summed E-state index contributed by atoms with van der Waals surface area (Å²) in [7, 11) is 0. The van der Waals surface area contributed by atoms with Crippen LogP contribution in [0.1, 0.15) is 0 Å². The molecule has 0 saturated carbocycles. The van der Waals surface area contributed by atoms with Crippen molar-refractivity contribution in [2.75, 3.05) is 0 Å². The van der Waals surface area contributed by atoms with Crippen LogP contribution in [0.15, 0.2) is 12.3 Å². The molecule has 0 unspecified atom stereocenters. The van der Waals surface area contributed by atoms with E-state index in [0.29, 0.717) is 0 Å². The van der Waals surface area contributed by atoms with Crippen LogP contribution in [0, 0.1) is 16.4 Å². The molecule has 2 aromatic heterocycles. The van der Waals surface area contributed by atoms with E-state index in [1.807, 2.05) is 0 Å². The molecule has 0 spiro atoms. The highest BCUT2D eigenvalue weighted by atomic mass is 32.1. The first-order chi connectivity index (χ1) is 5.68. The van der Waals surface area contributed by atoms with Gasteiger partial charge in [0.05, 0.1) is 0 Å². The molecule has 0 saturated heterocycles. The summed E-state index contributed by atoms with van der Waals surface area (Å²) in [5.41, 5.74) is 0.00130. The molecular formula is C6H3F2N3S. The van der Waals surface area contributed by atoms with Crippen LogP contribution in [0.4, 0.5) is 8.78 Å². The molecular weight excluding hydrogens is 184 g/mol. The van der Waals surface area contributed by atoms with Crippen LogP contribution in [-0.4, -0.2) is 14.6 Å². The maximum Gasteiger partial charge on any atom is 0.199 e. The van der Waals surface area contributed by atoms with E-state index >= 15 is 0 Å². The molecule has 1 N–H and O–H groups in total. The first-order valence-electron chi connectivity index (χ1n) is 3.10. The quantitative estimate of drug-likeness (QED) is 0.636. The molecule has 0 atom stereocenters. The zero-order valence-electron chi connectivity index (χ0n) is 5.71. The summed E-state index contributed by atoms with van der Waals surface area (Å²) in [6.07, 6.45) is 1.07. The second kappa shape index (κ2) is 2.34. The number of hydrogen-bond acceptors (Lipinski definition) is 2. The summed E-state index contributed by atoms with van der Waals surface area (Å²) in [4.78, 5) is 0. The normalized spacial score (nSPS) is 10.8. The number of nitrogens with one attached hydrogen (secondary N) is 1. The van der Waals surface area contributed by atoms with Gasteiger partial charge < -0.3 is 0 Å². The van der Waals surface area contributed by atoms with Crippen LogP contribution in [0.3, 0.4) is 0 Å². The summed E-state index contributed by atoms with van der Waals surface area (Å²) in [5, 5.41) is 5.92. The molecule has 3 nitrogen and oxygen atoms in total. The first-order valence-corrected chi connectivity index (χ1v) is 3.51. The molecule has 0 aliphatic heterocycles. The van der Waals surface area contributed by atoms with Crippen LogP contribution in [0.5, 0.6) is 0 Å². The van der Waals surface area contributed by atoms with Crippen molar-refractivity contribution in [3.63, 3.8) is 0 Å². The minimum absolute atomic E-state index is 0.00130. The average molecular weight is 187 g/mol. The Morgan fingerprint density at radius 3 is 3.00 bits per heavy atom. The van der Waals surface area contributed by atoms with Crippen molar-refractivity contribution in [3.8, 4) is 0 Å². The fourth-order valence-electron chi connectivity index (χ4n) is 0.939. The van der Waals surface area contributed by atoms with Gasteiger partial charge in [0.1, 0.15) is 5.82 Å². The lowest BCUT2D eigenvalue weighted by Crippen LogP contribution is -1.90. The maximum atomic E-state index is 12.9. The van der Waals surface area contributed by atoms with Gasteiger partial charge in [-0.1, -0.05) is 0 Å². The van der Waals surface area contributed by atoms with Gasteiger partial charge in [0, 0.05) is 12.3 Å². The third-order valence-corrected chi connectivity index (χ3v) is 1.72. The summed E-state index contributed by atoms with van der Waals surface area (Å²) in [6.45, 7) is 0. The number of nitrogens with zero attached hydrogens (tertiary/aromatic N) is 2. The Morgan fingerprint density at radius 2 is 2.25 bits per heavy atom. The topological polar surface area (TPSA) is 33.1 Å². The van der Waals surface area contributed by atoms with Crippen molar-refractivity contribution in [1.82, 2.24) is 14.6 Å². The van der Waals surface area contributed by atoms with Crippen molar-refractivity contribution >= 4 is 17.9 Å². The third kappa shape index (κ3) is 0.918. The Balaban J connectivity index is 3.02. The number of aromatic amines is 1. The van der Waals surface area contributed by atoms with Gasteiger partial charge in [-0.2, -0.15) is 5.10 Å². The second-order valence-electron chi connectivity index (χ2n) is 2.23.